The third-order valence-corrected chi connectivity index (χ3v) is 1.27. The van der Waals surface area contributed by atoms with Crippen molar-refractivity contribution in [2.75, 3.05) is 11.6 Å². The molecule has 0 saturated carbocycles. The summed E-state index contributed by atoms with van der Waals surface area (Å²) in [5, 5.41) is 8.00. The minimum atomic E-state index is -0.650. The maximum Gasteiger partial charge on any atom is 0.430 e. The Labute approximate surface area is 75.3 Å². The maximum absolute atomic E-state index is 11.1. The third-order valence-electron chi connectivity index (χ3n) is 1.27. The van der Waals surface area contributed by atoms with E-state index in [2.05, 4.69) is 14.9 Å². The summed E-state index contributed by atoms with van der Waals surface area (Å²) in [4.78, 5) is 11.1. The van der Waals surface area contributed by atoms with Gasteiger partial charge in [0.1, 0.15) is 0 Å². The first-order chi connectivity index (χ1) is 6.25. The molecular weight excluding hydrogens is 172 g/mol. The minimum Gasteiger partial charge on any atom is -0.448 e. The number of hydrogen-bond donors (Lipinski definition) is 1. The predicted octanol–water partition coefficient (Wildman–Crippen LogP) is 0.313. The predicted molar refractivity (Wildman–Crippen MR) is 45.7 cm³/mol. The largest absolute Gasteiger partial charge is 0.448 e. The molecule has 0 bridgehead atoms. The average Bonchev–Trinajstić information content (AvgIpc) is 2.18. The van der Waals surface area contributed by atoms with Crippen LogP contribution in [0.25, 0.3) is 0 Å². The average molecular weight is 182 g/mol. The standard InChI is InChI=1S/C7H10N4O2/c1-2-13-7(12)11(8)6-4-3-5-9-10-6/h3-5H,2,8H2,1H3. The van der Waals surface area contributed by atoms with Crippen LogP contribution in [0.2, 0.25) is 0 Å². The van der Waals surface area contributed by atoms with E-state index in [9.17, 15) is 4.79 Å². The second-order valence-electron chi connectivity index (χ2n) is 2.15. The summed E-state index contributed by atoms with van der Waals surface area (Å²) in [7, 11) is 0. The third kappa shape index (κ3) is 2.38. The van der Waals surface area contributed by atoms with Crippen molar-refractivity contribution < 1.29 is 9.53 Å². The molecule has 13 heavy (non-hydrogen) atoms. The molecule has 0 unspecified atom stereocenters. The number of ether oxygens (including phenoxy) is 1. The lowest BCUT2D eigenvalue weighted by atomic mass is 10.5. The van der Waals surface area contributed by atoms with Gasteiger partial charge in [-0.15, -0.1) is 5.10 Å². The van der Waals surface area contributed by atoms with Crippen molar-refractivity contribution in [3.8, 4) is 0 Å². The monoisotopic (exact) mass is 182 g/mol. The SMILES string of the molecule is CCOC(=O)N(N)c1cccnn1. The van der Waals surface area contributed by atoms with Crippen LogP contribution in [0.15, 0.2) is 18.3 Å². The van der Waals surface area contributed by atoms with Gasteiger partial charge in [-0.1, -0.05) is 0 Å². The highest BCUT2D eigenvalue weighted by atomic mass is 16.6. The highest BCUT2D eigenvalue weighted by Crippen LogP contribution is 2.03. The molecule has 0 saturated heterocycles. The highest BCUT2D eigenvalue weighted by Gasteiger charge is 2.12. The van der Waals surface area contributed by atoms with Crippen molar-refractivity contribution >= 4 is 11.9 Å². The molecule has 1 heterocycles. The summed E-state index contributed by atoms with van der Waals surface area (Å²) in [5.41, 5.74) is 0. The summed E-state index contributed by atoms with van der Waals surface area (Å²) in [6.07, 6.45) is 0.839. The van der Waals surface area contributed by atoms with E-state index in [0.717, 1.165) is 5.01 Å². The van der Waals surface area contributed by atoms with E-state index in [-0.39, 0.29) is 12.4 Å². The molecule has 0 atom stereocenters. The Balaban J connectivity index is 2.68. The molecular formula is C7H10N4O2. The molecule has 2 N–H and O–H groups in total. The number of anilines is 1. The molecule has 0 aliphatic carbocycles. The normalized spacial score (nSPS) is 9.38. The zero-order valence-electron chi connectivity index (χ0n) is 7.17. The zero-order chi connectivity index (χ0) is 9.68. The molecule has 0 aliphatic heterocycles. The van der Waals surface area contributed by atoms with Crippen LogP contribution in [0.4, 0.5) is 10.6 Å². The number of nitrogens with two attached hydrogens (primary N) is 1. The van der Waals surface area contributed by atoms with E-state index in [0.29, 0.717) is 0 Å². The van der Waals surface area contributed by atoms with E-state index < -0.39 is 6.09 Å². The van der Waals surface area contributed by atoms with Gasteiger partial charge >= 0.3 is 6.09 Å². The Morgan fingerprint density at radius 1 is 1.77 bits per heavy atom. The van der Waals surface area contributed by atoms with Gasteiger partial charge in [0, 0.05) is 6.20 Å². The number of hydrogen-bond acceptors (Lipinski definition) is 5. The number of carbonyl (C=O) groups excluding carboxylic acids is 1. The van der Waals surface area contributed by atoms with Crippen molar-refractivity contribution in [1.29, 1.82) is 0 Å². The van der Waals surface area contributed by atoms with Crippen LogP contribution in [0.1, 0.15) is 6.92 Å². The Kier molecular flexibility index (Phi) is 3.15. The van der Waals surface area contributed by atoms with Gasteiger partial charge in [-0.25, -0.2) is 10.6 Å². The lowest BCUT2D eigenvalue weighted by Crippen LogP contribution is -2.38. The molecule has 0 radical (unpaired) electrons. The molecule has 0 aliphatic rings. The van der Waals surface area contributed by atoms with Crippen LogP contribution < -0.4 is 10.9 Å². The fourth-order valence-electron chi connectivity index (χ4n) is 0.708. The van der Waals surface area contributed by atoms with E-state index >= 15 is 0 Å². The zero-order valence-corrected chi connectivity index (χ0v) is 7.17. The lowest BCUT2D eigenvalue weighted by Gasteiger charge is -2.13. The van der Waals surface area contributed by atoms with Gasteiger partial charge in [0.25, 0.3) is 0 Å². The summed E-state index contributed by atoms with van der Waals surface area (Å²) >= 11 is 0. The molecule has 6 heteroatoms. The van der Waals surface area contributed by atoms with Crippen molar-refractivity contribution in [3.63, 3.8) is 0 Å². The van der Waals surface area contributed by atoms with Crippen LogP contribution in [-0.4, -0.2) is 22.9 Å². The fraction of sp³-hybridized carbons (Fsp3) is 0.286. The van der Waals surface area contributed by atoms with E-state index in [1.807, 2.05) is 0 Å². The van der Waals surface area contributed by atoms with Crippen LogP contribution in [-0.2, 0) is 4.74 Å². The quantitative estimate of drug-likeness (QED) is 0.404. The molecule has 1 rings (SSSR count). The molecule has 1 aromatic rings. The highest BCUT2D eigenvalue weighted by molar-refractivity contribution is 5.84. The van der Waals surface area contributed by atoms with E-state index in [4.69, 9.17) is 5.84 Å². The van der Waals surface area contributed by atoms with Crippen molar-refractivity contribution in [3.05, 3.63) is 18.3 Å². The second kappa shape index (κ2) is 4.36. The van der Waals surface area contributed by atoms with Crippen LogP contribution >= 0.6 is 0 Å². The number of hydrazine groups is 1. The molecule has 0 aromatic carbocycles. The maximum atomic E-state index is 11.1. The van der Waals surface area contributed by atoms with Crippen molar-refractivity contribution in [1.82, 2.24) is 10.2 Å². The number of nitrogens with zero attached hydrogens (tertiary/aromatic N) is 3. The molecule has 1 amide bonds. The number of aromatic nitrogens is 2. The summed E-state index contributed by atoms with van der Waals surface area (Å²) < 4.78 is 4.65. The second-order valence-corrected chi connectivity index (χ2v) is 2.15. The van der Waals surface area contributed by atoms with Gasteiger partial charge in [-0.2, -0.15) is 10.1 Å². The smallest absolute Gasteiger partial charge is 0.430 e. The number of amides is 1. The van der Waals surface area contributed by atoms with Gasteiger partial charge in [-0.05, 0) is 19.1 Å². The van der Waals surface area contributed by atoms with Crippen molar-refractivity contribution in [2.45, 2.75) is 6.92 Å². The van der Waals surface area contributed by atoms with Gasteiger partial charge in [0.2, 0.25) is 0 Å². The van der Waals surface area contributed by atoms with E-state index in [1.165, 1.54) is 6.20 Å². The molecule has 0 fully saturated rings. The minimum absolute atomic E-state index is 0.251. The van der Waals surface area contributed by atoms with Gasteiger partial charge in [0.05, 0.1) is 6.61 Å². The summed E-state index contributed by atoms with van der Waals surface area (Å²) in [5.74, 6) is 5.63. The first-order valence-corrected chi connectivity index (χ1v) is 3.75. The Morgan fingerprint density at radius 3 is 3.08 bits per heavy atom. The summed E-state index contributed by atoms with van der Waals surface area (Å²) in [6.45, 7) is 1.97. The Hall–Kier alpha value is -1.69. The molecule has 0 spiro atoms. The van der Waals surface area contributed by atoms with E-state index in [1.54, 1.807) is 19.1 Å². The molecule has 6 nitrogen and oxygen atoms in total. The number of carbonyl (C=O) groups is 1. The first kappa shape index (κ1) is 9.40. The van der Waals surface area contributed by atoms with Crippen LogP contribution in [0.5, 0.6) is 0 Å². The topological polar surface area (TPSA) is 81.3 Å². The lowest BCUT2D eigenvalue weighted by molar-refractivity contribution is 0.159. The summed E-state index contributed by atoms with van der Waals surface area (Å²) in [6, 6.07) is 3.19. The van der Waals surface area contributed by atoms with Crippen LogP contribution in [0, 0.1) is 0 Å². The van der Waals surface area contributed by atoms with Crippen molar-refractivity contribution in [2.24, 2.45) is 5.84 Å². The Bertz CT molecular complexity index is 277. The number of rotatable bonds is 2. The van der Waals surface area contributed by atoms with Gasteiger partial charge in [0.15, 0.2) is 5.82 Å². The van der Waals surface area contributed by atoms with Gasteiger partial charge < -0.3 is 4.74 Å². The molecule has 70 valence electrons. The molecule has 1 aromatic heterocycles. The van der Waals surface area contributed by atoms with Gasteiger partial charge in [-0.3, -0.25) is 0 Å². The first-order valence-electron chi connectivity index (χ1n) is 3.75. The Morgan fingerprint density at radius 2 is 2.54 bits per heavy atom. The van der Waals surface area contributed by atoms with Crippen LogP contribution in [0.3, 0.4) is 0 Å². The fourth-order valence-corrected chi connectivity index (χ4v) is 0.708.